The van der Waals surface area contributed by atoms with E-state index in [4.69, 9.17) is 9.47 Å². The van der Waals surface area contributed by atoms with Crippen molar-refractivity contribution in [1.82, 2.24) is 4.57 Å². The number of aromatic nitrogens is 1. The van der Waals surface area contributed by atoms with Crippen LogP contribution in [0.2, 0.25) is 0 Å². The van der Waals surface area contributed by atoms with E-state index >= 15 is 0 Å². The zero-order valence-electron chi connectivity index (χ0n) is 13.5. The van der Waals surface area contributed by atoms with Gasteiger partial charge in [0.05, 0.1) is 34.2 Å². The minimum atomic E-state index is 0.837. The predicted octanol–water partition coefficient (Wildman–Crippen LogP) is 6.51. The molecule has 2 aromatic carbocycles. The number of hydrogen-bond donors (Lipinski definition) is 0. The van der Waals surface area contributed by atoms with Crippen LogP contribution in [0.3, 0.4) is 0 Å². The van der Waals surface area contributed by atoms with Gasteiger partial charge < -0.3 is 14.0 Å². The zero-order chi connectivity index (χ0) is 17.3. The molecule has 0 aliphatic heterocycles. The van der Waals surface area contributed by atoms with Crippen LogP contribution in [0.4, 0.5) is 0 Å². The van der Waals surface area contributed by atoms with Gasteiger partial charge in [0.25, 0.3) is 0 Å². The van der Waals surface area contributed by atoms with Crippen molar-refractivity contribution in [2.45, 2.75) is 19.4 Å². The summed E-state index contributed by atoms with van der Waals surface area (Å²) >= 11 is 10.7. The molecule has 128 valence electrons. The molecule has 0 amide bonds. The van der Waals surface area contributed by atoms with Crippen molar-refractivity contribution in [3.05, 3.63) is 33.2 Å². The van der Waals surface area contributed by atoms with Crippen molar-refractivity contribution < 1.29 is 9.47 Å². The quantitative estimate of drug-likeness (QED) is 0.274. The van der Waals surface area contributed by atoms with Crippen LogP contribution in [-0.2, 0) is 6.54 Å². The molecule has 3 nitrogen and oxygen atoms in total. The Morgan fingerprint density at radius 1 is 0.833 bits per heavy atom. The summed E-state index contributed by atoms with van der Waals surface area (Å²) in [6.07, 6.45) is 2.27. The van der Waals surface area contributed by atoms with Crippen LogP contribution in [0.5, 0.6) is 11.5 Å². The summed E-state index contributed by atoms with van der Waals surface area (Å²) in [5.41, 5.74) is 2.40. The second-order valence-electron chi connectivity index (χ2n) is 5.56. The van der Waals surface area contributed by atoms with Crippen LogP contribution >= 0.6 is 47.8 Å². The molecule has 0 aliphatic rings. The van der Waals surface area contributed by atoms with Crippen molar-refractivity contribution >= 4 is 69.6 Å². The Bertz CT molecular complexity index is 822. The highest BCUT2D eigenvalue weighted by Gasteiger charge is 2.16. The first-order chi connectivity index (χ1) is 11.6. The molecule has 0 saturated carbocycles. The van der Waals surface area contributed by atoms with Gasteiger partial charge in [-0.15, -0.1) is 0 Å². The Morgan fingerprint density at radius 3 is 1.75 bits per heavy atom. The third-order valence-electron chi connectivity index (χ3n) is 4.18. The zero-order valence-corrected chi connectivity index (χ0v) is 18.3. The molecule has 1 heterocycles. The Hall–Kier alpha value is -0.720. The van der Waals surface area contributed by atoms with Crippen LogP contribution in [0.15, 0.2) is 33.2 Å². The topological polar surface area (TPSA) is 23.4 Å². The number of fused-ring (bicyclic) bond motifs is 3. The van der Waals surface area contributed by atoms with Crippen LogP contribution < -0.4 is 9.47 Å². The van der Waals surface area contributed by atoms with Crippen LogP contribution in [-0.4, -0.2) is 24.1 Å². The van der Waals surface area contributed by atoms with Gasteiger partial charge in [-0.2, -0.15) is 0 Å². The fraction of sp³-hybridized carbons (Fsp3) is 0.333. The monoisotopic (exact) mass is 517 g/mol. The second-order valence-corrected chi connectivity index (χ2v) is 8.06. The summed E-state index contributed by atoms with van der Waals surface area (Å²) < 4.78 is 15.3. The molecule has 0 radical (unpaired) electrons. The van der Waals surface area contributed by atoms with Gasteiger partial charge >= 0.3 is 0 Å². The van der Waals surface area contributed by atoms with Crippen LogP contribution in [0.25, 0.3) is 21.8 Å². The Morgan fingerprint density at radius 2 is 1.33 bits per heavy atom. The number of benzene rings is 2. The summed E-state index contributed by atoms with van der Waals surface area (Å²) in [5.74, 6) is 1.67. The van der Waals surface area contributed by atoms with Gasteiger partial charge in [-0.3, -0.25) is 0 Å². The summed E-state index contributed by atoms with van der Waals surface area (Å²) in [6, 6.07) is 8.47. The molecule has 6 heteroatoms. The highest BCUT2D eigenvalue weighted by molar-refractivity contribution is 9.11. The minimum absolute atomic E-state index is 0.837. The van der Waals surface area contributed by atoms with Gasteiger partial charge in [0.15, 0.2) is 0 Å². The van der Waals surface area contributed by atoms with E-state index in [1.807, 2.05) is 0 Å². The molecule has 0 spiro atoms. The molecule has 0 saturated heterocycles. The van der Waals surface area contributed by atoms with Crippen molar-refractivity contribution in [2.24, 2.45) is 0 Å². The Balaban J connectivity index is 2.31. The molecule has 0 fully saturated rings. The molecule has 0 bridgehead atoms. The van der Waals surface area contributed by atoms with Crippen molar-refractivity contribution in [3.8, 4) is 11.5 Å². The van der Waals surface area contributed by atoms with Crippen molar-refractivity contribution in [1.29, 1.82) is 0 Å². The number of ether oxygens (including phenoxy) is 2. The van der Waals surface area contributed by atoms with Crippen LogP contribution in [0.1, 0.15) is 12.8 Å². The maximum absolute atomic E-state index is 5.49. The van der Waals surface area contributed by atoms with Gasteiger partial charge in [0.1, 0.15) is 11.5 Å². The first kappa shape index (κ1) is 18.1. The van der Waals surface area contributed by atoms with E-state index in [1.54, 1.807) is 14.2 Å². The fourth-order valence-electron chi connectivity index (χ4n) is 3.01. The standard InChI is InChI=1S/C18H18Br3NO2/c1-23-17-7-11-12-8-18(24-2)14(21)10-16(12)22(6-4-3-5-19)15(11)9-13(17)20/h7-10H,3-6H2,1-2H3. The largest absolute Gasteiger partial charge is 0.496 e. The Labute approximate surface area is 166 Å². The minimum Gasteiger partial charge on any atom is -0.496 e. The maximum Gasteiger partial charge on any atom is 0.133 e. The summed E-state index contributed by atoms with van der Waals surface area (Å²) in [4.78, 5) is 0. The molecular formula is C18H18Br3NO2. The average molecular weight is 520 g/mol. The number of hydrogen-bond acceptors (Lipinski definition) is 2. The third-order valence-corrected chi connectivity index (χ3v) is 5.98. The molecule has 0 N–H and O–H groups in total. The SMILES string of the molecule is COc1cc2c3cc(OC)c(Br)cc3n(CCCCBr)c2cc1Br. The predicted molar refractivity (Wildman–Crippen MR) is 111 cm³/mol. The number of alkyl halides is 1. The second kappa shape index (κ2) is 7.67. The van der Waals surface area contributed by atoms with E-state index < -0.39 is 0 Å². The van der Waals surface area contributed by atoms with E-state index in [9.17, 15) is 0 Å². The van der Waals surface area contributed by atoms with Crippen LogP contribution in [0, 0.1) is 0 Å². The van der Waals surface area contributed by atoms with Gasteiger partial charge in [0, 0.05) is 22.6 Å². The first-order valence-electron chi connectivity index (χ1n) is 7.69. The van der Waals surface area contributed by atoms with Crippen molar-refractivity contribution in [2.75, 3.05) is 19.5 Å². The van der Waals surface area contributed by atoms with E-state index in [1.165, 1.54) is 21.8 Å². The lowest BCUT2D eigenvalue weighted by Gasteiger charge is -2.09. The molecule has 0 unspecified atom stereocenters. The normalized spacial score (nSPS) is 11.4. The number of halogens is 3. The maximum atomic E-state index is 5.49. The fourth-order valence-corrected chi connectivity index (χ4v) is 4.39. The lowest BCUT2D eigenvalue weighted by molar-refractivity contribution is 0.412. The van der Waals surface area contributed by atoms with Gasteiger partial charge in [-0.25, -0.2) is 0 Å². The number of nitrogens with zero attached hydrogens (tertiary/aromatic N) is 1. The molecule has 1 aromatic heterocycles. The lowest BCUT2D eigenvalue weighted by atomic mass is 10.1. The number of aryl methyl sites for hydroxylation is 1. The van der Waals surface area contributed by atoms with E-state index in [2.05, 4.69) is 76.6 Å². The highest BCUT2D eigenvalue weighted by atomic mass is 79.9. The molecule has 0 aliphatic carbocycles. The van der Waals surface area contributed by atoms with Gasteiger partial charge in [-0.1, -0.05) is 15.9 Å². The molecule has 3 rings (SSSR count). The van der Waals surface area contributed by atoms with E-state index in [0.717, 1.165) is 45.2 Å². The smallest absolute Gasteiger partial charge is 0.133 e. The lowest BCUT2D eigenvalue weighted by Crippen LogP contribution is -1.98. The first-order valence-corrected chi connectivity index (χ1v) is 10.4. The number of rotatable bonds is 6. The van der Waals surface area contributed by atoms with E-state index in [0.29, 0.717) is 0 Å². The number of unbranched alkanes of at least 4 members (excludes halogenated alkanes) is 1. The summed E-state index contributed by atoms with van der Waals surface area (Å²) in [6.45, 7) is 0.975. The third kappa shape index (κ3) is 3.20. The molecule has 0 atom stereocenters. The Kier molecular flexibility index (Phi) is 5.78. The average Bonchev–Trinajstić information content (AvgIpc) is 2.85. The summed E-state index contributed by atoms with van der Waals surface area (Å²) in [7, 11) is 3.39. The van der Waals surface area contributed by atoms with Gasteiger partial charge in [-0.05, 0) is 69.0 Å². The van der Waals surface area contributed by atoms with E-state index in [-0.39, 0.29) is 0 Å². The van der Waals surface area contributed by atoms with Crippen molar-refractivity contribution in [3.63, 3.8) is 0 Å². The molecular weight excluding hydrogens is 502 g/mol. The molecule has 3 aromatic rings. The molecule has 24 heavy (non-hydrogen) atoms. The highest BCUT2D eigenvalue weighted by Crippen LogP contribution is 2.40. The number of methoxy groups -OCH3 is 2. The van der Waals surface area contributed by atoms with Gasteiger partial charge in [0.2, 0.25) is 0 Å². The summed E-state index contributed by atoms with van der Waals surface area (Å²) in [5, 5.41) is 3.38.